The molecular weight excluding hydrogens is 416 g/mol. The Balaban J connectivity index is 1.65. The van der Waals surface area contributed by atoms with Gasteiger partial charge in [-0.15, -0.1) is 0 Å². The number of non-ortho nitro benzene ring substituents is 1. The summed E-state index contributed by atoms with van der Waals surface area (Å²) in [5.41, 5.74) is 3.50. The van der Waals surface area contributed by atoms with E-state index in [1.165, 1.54) is 35.6 Å². The Bertz CT molecular complexity index is 1110. The van der Waals surface area contributed by atoms with Crippen LogP contribution in [0.15, 0.2) is 36.4 Å². The van der Waals surface area contributed by atoms with E-state index in [9.17, 15) is 14.9 Å². The number of nitro benzene ring substituents is 1. The maximum Gasteiger partial charge on any atom is 0.269 e. The second-order valence-corrected chi connectivity index (χ2v) is 8.65. The predicted octanol–water partition coefficient (Wildman–Crippen LogP) is 3.80. The third-order valence-electron chi connectivity index (χ3n) is 5.36. The van der Waals surface area contributed by atoms with Gasteiger partial charge in [0.25, 0.3) is 11.6 Å². The van der Waals surface area contributed by atoms with Crippen LogP contribution in [0.1, 0.15) is 21.5 Å². The monoisotopic (exact) mass is 440 g/mol. The molecule has 0 N–H and O–H groups in total. The van der Waals surface area contributed by atoms with Crippen molar-refractivity contribution in [2.45, 2.75) is 13.8 Å². The second kappa shape index (κ2) is 9.09. The third kappa shape index (κ3) is 4.73. The highest BCUT2D eigenvalue weighted by Gasteiger charge is 2.24. The van der Waals surface area contributed by atoms with Crippen LogP contribution >= 0.6 is 11.3 Å². The number of benzene rings is 2. The third-order valence-corrected chi connectivity index (χ3v) is 6.39. The average Bonchev–Trinajstić information content (AvgIpc) is 3.18. The van der Waals surface area contributed by atoms with E-state index in [0.717, 1.165) is 34.4 Å². The van der Waals surface area contributed by atoms with Crippen molar-refractivity contribution in [1.29, 1.82) is 0 Å². The van der Waals surface area contributed by atoms with Crippen molar-refractivity contribution in [1.82, 2.24) is 9.88 Å². The minimum atomic E-state index is -0.469. The molecule has 1 fully saturated rings. The number of nitrogens with zero attached hydrogens (tertiary/aromatic N) is 4. The Morgan fingerprint density at radius 1 is 1.23 bits per heavy atom. The topological polar surface area (TPSA) is 88.8 Å². The molecule has 31 heavy (non-hydrogen) atoms. The first kappa shape index (κ1) is 21.4. The van der Waals surface area contributed by atoms with Gasteiger partial charge in [-0.25, -0.2) is 4.98 Å². The molecule has 1 aliphatic heterocycles. The Labute approximate surface area is 184 Å². The fraction of sp³-hybridized carbons (Fsp3) is 0.364. The standard InChI is InChI=1S/C22H24N4O4S/c1-15-13-16(2)20-19(14-15)31-22(23-20)25(8-7-24-9-11-30-12-10-24)21(27)17-3-5-18(6-4-17)26(28)29/h3-6,13-14H,7-12H2,1-2H3. The molecule has 8 nitrogen and oxygen atoms in total. The minimum absolute atomic E-state index is 0.0393. The number of hydrogen-bond donors (Lipinski definition) is 0. The largest absolute Gasteiger partial charge is 0.379 e. The first-order valence-corrected chi connectivity index (χ1v) is 11.0. The molecule has 1 amide bonds. The Kier molecular flexibility index (Phi) is 6.26. The van der Waals surface area contributed by atoms with Crippen molar-refractivity contribution < 1.29 is 14.5 Å². The number of morpholine rings is 1. The first-order chi connectivity index (χ1) is 14.9. The average molecular weight is 441 g/mol. The maximum absolute atomic E-state index is 13.4. The molecule has 1 aliphatic rings. The van der Waals surface area contributed by atoms with Crippen LogP contribution in [0.3, 0.4) is 0 Å². The van der Waals surface area contributed by atoms with E-state index >= 15 is 0 Å². The van der Waals surface area contributed by atoms with Crippen LogP contribution in [-0.2, 0) is 4.74 Å². The molecule has 162 valence electrons. The van der Waals surface area contributed by atoms with Crippen LogP contribution in [0.25, 0.3) is 10.2 Å². The molecule has 2 aromatic carbocycles. The Hall–Kier alpha value is -2.88. The molecule has 0 radical (unpaired) electrons. The smallest absolute Gasteiger partial charge is 0.269 e. The number of carbonyl (C=O) groups excluding carboxylic acids is 1. The SMILES string of the molecule is Cc1cc(C)c2nc(N(CCN3CCOCC3)C(=O)c3ccc([N+](=O)[O-])cc3)sc2c1. The summed E-state index contributed by atoms with van der Waals surface area (Å²) in [7, 11) is 0. The van der Waals surface area contributed by atoms with Crippen LogP contribution < -0.4 is 4.90 Å². The van der Waals surface area contributed by atoms with Crippen LogP contribution in [0.4, 0.5) is 10.8 Å². The lowest BCUT2D eigenvalue weighted by Crippen LogP contribution is -2.43. The van der Waals surface area contributed by atoms with Gasteiger partial charge in [0.15, 0.2) is 5.13 Å². The minimum Gasteiger partial charge on any atom is -0.379 e. The number of thiazole rings is 1. The molecule has 1 aromatic heterocycles. The molecule has 0 aliphatic carbocycles. The summed E-state index contributed by atoms with van der Waals surface area (Å²) in [6.45, 7) is 8.30. The summed E-state index contributed by atoms with van der Waals surface area (Å²) in [5, 5.41) is 11.6. The Morgan fingerprint density at radius 3 is 2.61 bits per heavy atom. The number of rotatable bonds is 6. The summed E-state index contributed by atoms with van der Waals surface area (Å²) in [6, 6.07) is 9.90. The van der Waals surface area contributed by atoms with Gasteiger partial charge in [0.2, 0.25) is 0 Å². The van der Waals surface area contributed by atoms with Crippen molar-refractivity contribution in [2.75, 3.05) is 44.3 Å². The lowest BCUT2D eigenvalue weighted by molar-refractivity contribution is -0.384. The summed E-state index contributed by atoms with van der Waals surface area (Å²) >= 11 is 1.49. The van der Waals surface area contributed by atoms with Gasteiger partial charge in [-0.05, 0) is 43.2 Å². The molecule has 0 atom stereocenters. The number of nitro groups is 1. The number of aromatic nitrogens is 1. The molecule has 2 heterocycles. The van der Waals surface area contributed by atoms with Gasteiger partial charge in [0, 0.05) is 43.9 Å². The maximum atomic E-state index is 13.4. The Morgan fingerprint density at radius 2 is 1.94 bits per heavy atom. The van der Waals surface area contributed by atoms with Crippen molar-refractivity contribution >= 4 is 38.3 Å². The number of ether oxygens (including phenoxy) is 1. The van der Waals surface area contributed by atoms with Crippen LogP contribution in [0, 0.1) is 24.0 Å². The fourth-order valence-electron chi connectivity index (χ4n) is 3.71. The van der Waals surface area contributed by atoms with Gasteiger partial charge in [-0.3, -0.25) is 24.7 Å². The van der Waals surface area contributed by atoms with E-state index in [2.05, 4.69) is 17.0 Å². The normalized spacial score (nSPS) is 14.6. The van der Waals surface area contributed by atoms with Gasteiger partial charge >= 0.3 is 0 Å². The summed E-state index contributed by atoms with van der Waals surface area (Å²) < 4.78 is 6.46. The van der Waals surface area contributed by atoms with E-state index in [4.69, 9.17) is 9.72 Å². The van der Waals surface area contributed by atoms with Crippen LogP contribution in [-0.4, -0.2) is 60.1 Å². The molecule has 4 rings (SSSR count). The highest BCUT2D eigenvalue weighted by molar-refractivity contribution is 7.22. The van der Waals surface area contributed by atoms with Gasteiger partial charge in [0.1, 0.15) is 0 Å². The molecule has 0 bridgehead atoms. The second-order valence-electron chi connectivity index (χ2n) is 7.64. The molecule has 0 spiro atoms. The van der Waals surface area contributed by atoms with Crippen molar-refractivity contribution in [3.05, 3.63) is 63.2 Å². The van der Waals surface area contributed by atoms with E-state index in [1.54, 1.807) is 4.90 Å². The number of aryl methyl sites for hydroxylation is 2. The van der Waals surface area contributed by atoms with E-state index < -0.39 is 4.92 Å². The molecule has 0 unspecified atom stereocenters. The molecule has 1 saturated heterocycles. The molecular formula is C22H24N4O4S. The quantitative estimate of drug-likeness (QED) is 0.428. The lowest BCUT2D eigenvalue weighted by atomic mass is 10.1. The van der Waals surface area contributed by atoms with Gasteiger partial charge in [-0.1, -0.05) is 17.4 Å². The summed E-state index contributed by atoms with van der Waals surface area (Å²) in [4.78, 5) is 32.6. The van der Waals surface area contributed by atoms with E-state index in [0.29, 0.717) is 37.0 Å². The van der Waals surface area contributed by atoms with Crippen LogP contribution in [0.5, 0.6) is 0 Å². The zero-order chi connectivity index (χ0) is 22.0. The number of carbonyl (C=O) groups is 1. The van der Waals surface area contributed by atoms with E-state index in [-0.39, 0.29) is 11.6 Å². The predicted molar refractivity (Wildman–Crippen MR) is 121 cm³/mol. The zero-order valence-electron chi connectivity index (χ0n) is 17.5. The van der Waals surface area contributed by atoms with Crippen molar-refractivity contribution in [3.63, 3.8) is 0 Å². The highest BCUT2D eigenvalue weighted by Crippen LogP contribution is 2.32. The highest BCUT2D eigenvalue weighted by atomic mass is 32.1. The van der Waals surface area contributed by atoms with Gasteiger partial charge in [0.05, 0.1) is 28.4 Å². The van der Waals surface area contributed by atoms with Gasteiger partial charge < -0.3 is 4.74 Å². The van der Waals surface area contributed by atoms with Gasteiger partial charge in [-0.2, -0.15) is 0 Å². The van der Waals surface area contributed by atoms with Crippen molar-refractivity contribution in [3.8, 4) is 0 Å². The van der Waals surface area contributed by atoms with Crippen molar-refractivity contribution in [2.24, 2.45) is 0 Å². The molecule has 9 heteroatoms. The number of fused-ring (bicyclic) bond motifs is 1. The molecule has 0 saturated carbocycles. The number of amides is 1. The molecule has 3 aromatic rings. The zero-order valence-corrected chi connectivity index (χ0v) is 18.4. The lowest BCUT2D eigenvalue weighted by Gasteiger charge is -2.29. The fourth-order valence-corrected chi connectivity index (χ4v) is 4.87. The van der Waals surface area contributed by atoms with Crippen LogP contribution in [0.2, 0.25) is 0 Å². The van der Waals surface area contributed by atoms with E-state index in [1.807, 2.05) is 13.8 Å². The first-order valence-electron chi connectivity index (χ1n) is 10.2. The summed E-state index contributed by atoms with van der Waals surface area (Å²) in [6.07, 6.45) is 0. The summed E-state index contributed by atoms with van der Waals surface area (Å²) in [5.74, 6) is -0.211. The number of anilines is 1. The number of hydrogen-bond acceptors (Lipinski definition) is 7.